The van der Waals surface area contributed by atoms with Gasteiger partial charge in [0.05, 0.1) is 5.75 Å². The number of aromatic hydroxyl groups is 2. The number of unbranched alkanes of at least 4 members (excludes halogenated alkanes) is 10. The van der Waals surface area contributed by atoms with Crippen molar-refractivity contribution in [2.24, 2.45) is 5.73 Å². The molecule has 0 aromatic heterocycles. The number of nitrogens with two attached hydrogens (primary N) is 1. The zero-order valence-electron chi connectivity index (χ0n) is 31.8. The van der Waals surface area contributed by atoms with Crippen molar-refractivity contribution in [1.29, 1.82) is 0 Å². The summed E-state index contributed by atoms with van der Waals surface area (Å²) >= 11 is 0. The number of aliphatic carboxylic acids is 1. The van der Waals surface area contributed by atoms with E-state index in [0.717, 1.165) is 30.6 Å². The van der Waals surface area contributed by atoms with Crippen LogP contribution in [0.25, 0.3) is 11.1 Å². The molecule has 15 heteroatoms. The summed E-state index contributed by atoms with van der Waals surface area (Å²) in [5.74, 6) is -4.31. The van der Waals surface area contributed by atoms with Crippen LogP contribution in [0.4, 0.5) is 0 Å². The van der Waals surface area contributed by atoms with Gasteiger partial charge in [-0.2, -0.15) is 0 Å². The second kappa shape index (κ2) is 21.6. The number of phenolic OH excluding ortho intramolecular Hbond substituents is 2. The van der Waals surface area contributed by atoms with Gasteiger partial charge in [-0.25, -0.2) is 17.9 Å². The number of nitrogens with one attached hydrogen (secondary N) is 3. The maximum absolute atomic E-state index is 14.3. The molecule has 1 aliphatic rings. The van der Waals surface area contributed by atoms with E-state index < -0.39 is 57.9 Å². The van der Waals surface area contributed by atoms with E-state index in [4.69, 9.17) is 5.73 Å². The first-order chi connectivity index (χ1) is 25.7. The Kier molecular flexibility index (Phi) is 17.7. The lowest BCUT2D eigenvalue weighted by Gasteiger charge is -2.32. The predicted molar refractivity (Wildman–Crippen MR) is 207 cm³/mol. The summed E-state index contributed by atoms with van der Waals surface area (Å²) in [6.45, 7) is 3.89. The summed E-state index contributed by atoms with van der Waals surface area (Å²) in [6, 6.07) is 3.15. The van der Waals surface area contributed by atoms with E-state index in [1.807, 2.05) is 0 Å². The predicted octanol–water partition coefficient (Wildman–Crippen LogP) is 4.23. The molecule has 4 bridgehead atoms. The Labute approximate surface area is 319 Å². The summed E-state index contributed by atoms with van der Waals surface area (Å²) in [5.41, 5.74) is 6.56. The first kappa shape index (κ1) is 44.2. The monoisotopic (exact) mass is 773 g/mol. The number of carbonyl (C=O) groups is 4. The van der Waals surface area contributed by atoms with Crippen LogP contribution in [-0.2, 0) is 35.6 Å². The number of carboxylic acids is 1. The lowest BCUT2D eigenvalue weighted by Crippen LogP contribution is -2.54. The standard InChI is InChI=1S/C39H59N5O9S/c1-4-5-6-7-8-9-10-11-12-15-22-54(52,53)43-31(16-13-14-21-40)38(49)44(3)35-28-18-20-34(46)30(25-28)29-23-27(17-19-33(29)45)24-32(39(50)51)42-36(47)26(2)41-37(35)48/h17-20,23,25-26,31-32,35,43,45-46H,4-16,21-22,24,40H2,1-3H3,(H,41,48)(H,42,47)(H,50,51)/t26-,31-,32-,35-/m0/s1. The number of carboxylic acid groups (broad SMARTS) is 1. The van der Waals surface area contributed by atoms with Crippen LogP contribution < -0.4 is 21.1 Å². The number of sulfonamides is 1. The van der Waals surface area contributed by atoms with E-state index in [0.29, 0.717) is 31.4 Å². The lowest BCUT2D eigenvalue weighted by atomic mass is 9.93. The summed E-state index contributed by atoms with van der Waals surface area (Å²) in [5, 5.41) is 36.6. The van der Waals surface area contributed by atoms with Gasteiger partial charge in [0.1, 0.15) is 35.7 Å². The van der Waals surface area contributed by atoms with E-state index in [-0.39, 0.29) is 46.8 Å². The van der Waals surface area contributed by atoms with Gasteiger partial charge >= 0.3 is 5.97 Å². The molecule has 300 valence electrons. The second-order valence-corrected chi connectivity index (χ2v) is 16.1. The number of rotatable bonds is 20. The minimum atomic E-state index is -3.90. The average molecular weight is 774 g/mol. The molecule has 3 amide bonds. The summed E-state index contributed by atoms with van der Waals surface area (Å²) in [4.78, 5) is 54.6. The number of carbonyl (C=O) groups excluding carboxylic acids is 3. The fourth-order valence-electron chi connectivity index (χ4n) is 6.66. The highest BCUT2D eigenvalue weighted by atomic mass is 32.2. The van der Waals surface area contributed by atoms with Crippen molar-refractivity contribution < 1.29 is 42.9 Å². The Morgan fingerprint density at radius 1 is 0.870 bits per heavy atom. The third-order valence-electron chi connectivity index (χ3n) is 9.81. The van der Waals surface area contributed by atoms with Crippen LogP contribution in [0.5, 0.6) is 11.5 Å². The minimum absolute atomic E-state index is 0.100. The maximum Gasteiger partial charge on any atom is 0.326 e. The van der Waals surface area contributed by atoms with Crippen molar-refractivity contribution >= 4 is 33.7 Å². The molecule has 0 spiro atoms. The van der Waals surface area contributed by atoms with E-state index in [2.05, 4.69) is 22.3 Å². The minimum Gasteiger partial charge on any atom is -0.507 e. The molecule has 1 aliphatic heterocycles. The molecule has 0 unspecified atom stereocenters. The fourth-order valence-corrected chi connectivity index (χ4v) is 8.01. The van der Waals surface area contributed by atoms with Gasteiger partial charge in [0.25, 0.3) is 0 Å². The summed E-state index contributed by atoms with van der Waals surface area (Å²) < 4.78 is 29.2. The smallest absolute Gasteiger partial charge is 0.326 e. The van der Waals surface area contributed by atoms with Crippen molar-refractivity contribution in [3.63, 3.8) is 0 Å². The molecule has 8 N–H and O–H groups in total. The molecule has 0 saturated carbocycles. The van der Waals surface area contributed by atoms with Gasteiger partial charge < -0.3 is 36.6 Å². The van der Waals surface area contributed by atoms with Crippen LogP contribution in [0.1, 0.15) is 114 Å². The van der Waals surface area contributed by atoms with Crippen molar-refractivity contribution in [3.05, 3.63) is 47.5 Å². The zero-order valence-corrected chi connectivity index (χ0v) is 32.6. The molecular formula is C39H59N5O9S. The second-order valence-electron chi connectivity index (χ2n) is 14.3. The quantitative estimate of drug-likeness (QED) is 0.0948. The number of phenols is 2. The van der Waals surface area contributed by atoms with E-state index >= 15 is 0 Å². The van der Waals surface area contributed by atoms with Crippen molar-refractivity contribution in [3.8, 4) is 22.6 Å². The third-order valence-corrected chi connectivity index (χ3v) is 11.3. The normalized spacial score (nSPS) is 18.3. The number of fused-ring (bicyclic) bond motifs is 5. The van der Waals surface area contributed by atoms with Crippen LogP contribution >= 0.6 is 0 Å². The Hall–Kier alpha value is -4.21. The largest absolute Gasteiger partial charge is 0.507 e. The van der Waals surface area contributed by atoms with Crippen LogP contribution in [-0.4, -0.2) is 89.8 Å². The SMILES string of the molecule is CCCCCCCCCCCCS(=O)(=O)N[C@@H](CCCCN)C(=O)N(C)[C@@H]1C(=O)N[C@@H](C)C(=O)N[C@H](C(=O)O)Cc2ccc(O)c(c2)-c2cc1ccc2O. The lowest BCUT2D eigenvalue weighted by molar-refractivity contribution is -0.143. The molecule has 1 heterocycles. The number of hydrogen-bond acceptors (Lipinski definition) is 9. The molecule has 2 aromatic rings. The molecule has 4 atom stereocenters. The topological polar surface area (TPSA) is 228 Å². The van der Waals surface area contributed by atoms with E-state index in [1.165, 1.54) is 82.5 Å². The Bertz CT molecular complexity index is 1690. The van der Waals surface area contributed by atoms with Gasteiger partial charge in [0.15, 0.2) is 0 Å². The first-order valence-corrected chi connectivity index (χ1v) is 20.8. The molecule has 0 aliphatic carbocycles. The molecule has 0 fully saturated rings. The van der Waals surface area contributed by atoms with Gasteiger partial charge in [-0.3, -0.25) is 14.4 Å². The molecular weight excluding hydrogens is 715 g/mol. The molecule has 0 radical (unpaired) electrons. The van der Waals surface area contributed by atoms with Gasteiger partial charge in [-0.15, -0.1) is 0 Å². The Morgan fingerprint density at radius 2 is 1.46 bits per heavy atom. The van der Waals surface area contributed by atoms with Crippen LogP contribution in [0.2, 0.25) is 0 Å². The highest BCUT2D eigenvalue weighted by Crippen LogP contribution is 2.39. The van der Waals surface area contributed by atoms with Crippen molar-refractivity contribution in [2.45, 2.75) is 128 Å². The average Bonchev–Trinajstić information content (AvgIpc) is 3.12. The van der Waals surface area contributed by atoms with Gasteiger partial charge in [0, 0.05) is 24.6 Å². The maximum atomic E-state index is 14.3. The number of amides is 3. The van der Waals surface area contributed by atoms with Gasteiger partial charge in [0.2, 0.25) is 27.7 Å². The van der Waals surface area contributed by atoms with E-state index in [1.54, 1.807) is 0 Å². The fraction of sp³-hybridized carbons (Fsp3) is 0.590. The Morgan fingerprint density at radius 3 is 2.07 bits per heavy atom. The zero-order chi connectivity index (χ0) is 39.8. The molecule has 3 rings (SSSR count). The highest BCUT2D eigenvalue weighted by Gasteiger charge is 2.36. The van der Waals surface area contributed by atoms with Crippen molar-refractivity contribution in [1.82, 2.24) is 20.3 Å². The number of likely N-dealkylation sites (N-methyl/N-ethyl adjacent to an activating group) is 1. The van der Waals surface area contributed by atoms with E-state index in [9.17, 15) is 42.9 Å². The summed E-state index contributed by atoms with van der Waals surface area (Å²) in [7, 11) is -2.56. The van der Waals surface area contributed by atoms with Crippen LogP contribution in [0.3, 0.4) is 0 Å². The number of hydrogen-bond donors (Lipinski definition) is 7. The van der Waals surface area contributed by atoms with Gasteiger partial charge in [-0.1, -0.05) is 83.3 Å². The van der Waals surface area contributed by atoms with Crippen molar-refractivity contribution in [2.75, 3.05) is 19.3 Å². The molecule has 54 heavy (non-hydrogen) atoms. The van der Waals surface area contributed by atoms with Gasteiger partial charge in [-0.05, 0) is 68.1 Å². The Balaban J connectivity index is 1.91. The number of benzene rings is 2. The molecule has 2 aromatic carbocycles. The highest BCUT2D eigenvalue weighted by molar-refractivity contribution is 7.89. The number of nitrogens with zero attached hydrogens (tertiary/aromatic N) is 1. The summed E-state index contributed by atoms with van der Waals surface area (Å²) in [6.07, 6.45) is 11.3. The molecule has 0 saturated heterocycles. The third kappa shape index (κ3) is 13.3. The van der Waals surface area contributed by atoms with Crippen LogP contribution in [0, 0.1) is 0 Å². The molecule has 14 nitrogen and oxygen atoms in total. The van der Waals surface area contributed by atoms with Crippen LogP contribution in [0.15, 0.2) is 36.4 Å². The first-order valence-electron chi connectivity index (χ1n) is 19.1.